The van der Waals surface area contributed by atoms with Crippen LogP contribution in [0.1, 0.15) is 0 Å². The predicted octanol–water partition coefficient (Wildman–Crippen LogP) is 0.304. The Morgan fingerprint density at radius 3 is 1.20 bits per heavy atom. The van der Waals surface area contributed by atoms with Gasteiger partial charge in [-0.05, 0) is 22.6 Å². The fraction of sp³-hybridized carbons (Fsp3) is 1.00. The molecule has 0 unspecified atom stereocenters. The second kappa shape index (κ2) is 2.85. The van der Waals surface area contributed by atoms with E-state index in [4.69, 9.17) is 0 Å². The van der Waals surface area contributed by atoms with Crippen LogP contribution in [0.4, 0.5) is 7.77 Å². The van der Waals surface area contributed by atoms with Crippen LogP contribution >= 0.6 is 22.6 Å². The Hall–Kier alpha value is 0.490. The van der Waals surface area contributed by atoms with Crippen LogP contribution in [-0.4, -0.2) is 19.4 Å². The molecule has 4 nitrogen and oxygen atoms in total. The summed E-state index contributed by atoms with van der Waals surface area (Å²) in [6, 6.07) is 0. The molecule has 62 valence electrons. The summed E-state index contributed by atoms with van der Waals surface area (Å²) in [5.74, 6) is 0. The van der Waals surface area contributed by atoms with Gasteiger partial charge in [-0.1, -0.05) is 0 Å². The zero-order valence-corrected chi connectivity index (χ0v) is 7.95. The highest BCUT2D eigenvalue weighted by atomic mass is 127. The van der Waals surface area contributed by atoms with Gasteiger partial charge in [0.15, 0.2) is 0 Å². The number of rotatable bonds is 2. The van der Waals surface area contributed by atoms with Crippen molar-refractivity contribution in [2.24, 2.45) is 0 Å². The van der Waals surface area contributed by atoms with Crippen LogP contribution in [0.25, 0.3) is 0 Å². The minimum Gasteiger partial charge on any atom is -0.192 e. The molecule has 0 amide bonds. The van der Waals surface area contributed by atoms with Crippen LogP contribution in [-0.2, 0) is 20.4 Å². The minimum absolute atomic E-state index is 0.629. The molecular formula is CHF2IO4S2. The molecule has 0 saturated heterocycles. The maximum absolute atomic E-state index is 11.6. The van der Waals surface area contributed by atoms with E-state index in [9.17, 15) is 24.6 Å². The first-order valence-corrected chi connectivity index (χ1v) is 5.80. The molecule has 0 bridgehead atoms. The van der Waals surface area contributed by atoms with Gasteiger partial charge >= 0.3 is 20.4 Å². The number of alkyl halides is 1. The molecule has 0 atom stereocenters. The number of hydrogen-bond donors (Lipinski definition) is 0. The van der Waals surface area contributed by atoms with Crippen molar-refractivity contribution in [2.75, 3.05) is 0 Å². The highest BCUT2D eigenvalue weighted by molar-refractivity contribution is 14.1. The van der Waals surface area contributed by atoms with Crippen LogP contribution in [0.15, 0.2) is 0 Å². The van der Waals surface area contributed by atoms with Crippen LogP contribution in [0.2, 0.25) is 0 Å². The average Bonchev–Trinajstić information content (AvgIpc) is 1.59. The van der Waals surface area contributed by atoms with E-state index in [1.54, 1.807) is 0 Å². The molecule has 0 aromatic rings. The van der Waals surface area contributed by atoms with E-state index in [0.29, 0.717) is 22.6 Å². The van der Waals surface area contributed by atoms with Crippen LogP contribution in [0.5, 0.6) is 0 Å². The molecule has 10 heavy (non-hydrogen) atoms. The molecule has 0 aliphatic carbocycles. The van der Waals surface area contributed by atoms with Crippen molar-refractivity contribution in [1.29, 1.82) is 0 Å². The smallest absolute Gasteiger partial charge is 0.192 e. The molecule has 0 saturated carbocycles. The maximum Gasteiger partial charge on any atom is 0.332 e. The average molecular weight is 306 g/mol. The SMILES string of the molecule is O=S(=O)(F)C(I)S(=O)(=O)F. The lowest BCUT2D eigenvalue weighted by Gasteiger charge is -1.95. The maximum atomic E-state index is 11.6. The third-order valence-electron chi connectivity index (χ3n) is 0.443. The van der Waals surface area contributed by atoms with Gasteiger partial charge in [-0.2, -0.15) is 16.8 Å². The molecule has 0 heterocycles. The van der Waals surface area contributed by atoms with Gasteiger partial charge in [-0.25, -0.2) is 0 Å². The molecule has 0 aliphatic heterocycles. The lowest BCUT2D eigenvalue weighted by molar-refractivity contribution is 0.540. The summed E-state index contributed by atoms with van der Waals surface area (Å²) in [7, 11) is -10.7. The molecule has 0 fully saturated rings. The highest BCUT2D eigenvalue weighted by Gasteiger charge is 2.35. The van der Waals surface area contributed by atoms with E-state index in [-0.39, 0.29) is 0 Å². The molecule has 0 spiro atoms. The first-order valence-electron chi connectivity index (χ1n) is 1.66. The van der Waals surface area contributed by atoms with Crippen molar-refractivity contribution >= 4 is 43.0 Å². The van der Waals surface area contributed by atoms with Crippen molar-refractivity contribution in [3.63, 3.8) is 0 Å². The summed E-state index contributed by atoms with van der Waals surface area (Å²) in [6.07, 6.45) is 0. The molecule has 0 aliphatic rings. The van der Waals surface area contributed by atoms with Gasteiger partial charge in [0.2, 0.25) is 0 Å². The predicted molar refractivity (Wildman–Crippen MR) is 37.9 cm³/mol. The van der Waals surface area contributed by atoms with E-state index in [1.165, 1.54) is 0 Å². The zero-order chi connectivity index (χ0) is 8.58. The summed E-state index contributed by atoms with van der Waals surface area (Å²) in [6.45, 7) is 0. The van der Waals surface area contributed by atoms with Crippen molar-refractivity contribution in [2.45, 2.75) is 2.59 Å². The molecule has 0 radical (unpaired) electrons. The molecule has 0 N–H and O–H groups in total. The normalized spacial score (nSPS) is 14.0. The van der Waals surface area contributed by atoms with Crippen molar-refractivity contribution in [3.8, 4) is 0 Å². The van der Waals surface area contributed by atoms with E-state index in [1.807, 2.05) is 0 Å². The Bertz CT molecular complexity index is 270. The summed E-state index contributed by atoms with van der Waals surface area (Å²) in [4.78, 5) is 0. The molecule has 0 aromatic carbocycles. The second-order valence-electron chi connectivity index (χ2n) is 1.23. The largest absolute Gasteiger partial charge is 0.332 e. The second-order valence-corrected chi connectivity index (χ2v) is 7.31. The Kier molecular flexibility index (Phi) is 2.99. The molecule has 0 rings (SSSR count). The van der Waals surface area contributed by atoms with E-state index in [2.05, 4.69) is 0 Å². The fourth-order valence-corrected chi connectivity index (χ4v) is 1.24. The fourth-order valence-electron chi connectivity index (χ4n) is 0.137. The van der Waals surface area contributed by atoms with Gasteiger partial charge < -0.3 is 0 Å². The van der Waals surface area contributed by atoms with Gasteiger partial charge in [-0.3, -0.25) is 0 Å². The Morgan fingerprint density at radius 1 is 1.00 bits per heavy atom. The van der Waals surface area contributed by atoms with Crippen molar-refractivity contribution in [3.05, 3.63) is 0 Å². The quantitative estimate of drug-likeness (QED) is 0.418. The number of halogens is 3. The van der Waals surface area contributed by atoms with Gasteiger partial charge in [0.25, 0.3) is 2.59 Å². The summed E-state index contributed by atoms with van der Waals surface area (Å²) < 4.78 is 59.3. The molecule has 9 heteroatoms. The highest BCUT2D eigenvalue weighted by Crippen LogP contribution is 2.19. The third kappa shape index (κ3) is 3.05. The summed E-state index contributed by atoms with van der Waals surface area (Å²) in [5, 5.41) is 0. The van der Waals surface area contributed by atoms with Crippen LogP contribution < -0.4 is 0 Å². The Morgan fingerprint density at radius 2 is 1.20 bits per heavy atom. The van der Waals surface area contributed by atoms with Gasteiger partial charge in [0.1, 0.15) is 0 Å². The first kappa shape index (κ1) is 10.5. The van der Waals surface area contributed by atoms with E-state index in [0.717, 1.165) is 0 Å². The first-order chi connectivity index (χ1) is 4.15. The topological polar surface area (TPSA) is 68.3 Å². The van der Waals surface area contributed by atoms with Crippen LogP contribution in [0, 0.1) is 0 Å². The Balaban J connectivity index is 4.94. The monoisotopic (exact) mass is 306 g/mol. The van der Waals surface area contributed by atoms with Gasteiger partial charge in [0, 0.05) is 0 Å². The lowest BCUT2D eigenvalue weighted by Crippen LogP contribution is -2.16. The lowest BCUT2D eigenvalue weighted by atomic mass is 11.9. The summed E-state index contributed by atoms with van der Waals surface area (Å²) >= 11 is 0.629. The standard InChI is InChI=1S/CHF2IO4S2/c2-9(5,6)1(4)10(3,7)8/h1H. The summed E-state index contributed by atoms with van der Waals surface area (Å²) in [5.41, 5.74) is 0. The molecular weight excluding hydrogens is 305 g/mol. The zero-order valence-electron chi connectivity index (χ0n) is 4.16. The van der Waals surface area contributed by atoms with Gasteiger partial charge in [-0.15, -0.1) is 7.77 Å². The molecule has 0 aromatic heterocycles. The van der Waals surface area contributed by atoms with Crippen LogP contribution in [0.3, 0.4) is 0 Å². The number of hydrogen-bond acceptors (Lipinski definition) is 4. The minimum atomic E-state index is -5.34. The van der Waals surface area contributed by atoms with Crippen molar-refractivity contribution in [1.82, 2.24) is 0 Å². The Labute approximate surface area is 70.2 Å². The van der Waals surface area contributed by atoms with Crippen molar-refractivity contribution < 1.29 is 24.6 Å². The van der Waals surface area contributed by atoms with E-state index < -0.39 is 23.0 Å². The third-order valence-corrected chi connectivity index (χ3v) is 6.35. The van der Waals surface area contributed by atoms with Gasteiger partial charge in [0.05, 0.1) is 0 Å². The van der Waals surface area contributed by atoms with E-state index >= 15 is 0 Å².